The summed E-state index contributed by atoms with van der Waals surface area (Å²) >= 11 is 1.94. The third-order valence-corrected chi connectivity index (χ3v) is 3.20. The van der Waals surface area contributed by atoms with Crippen LogP contribution in [0.4, 0.5) is 0 Å². The van der Waals surface area contributed by atoms with Gasteiger partial charge in [-0.2, -0.15) is 11.8 Å². The van der Waals surface area contributed by atoms with Crippen molar-refractivity contribution in [1.29, 1.82) is 0 Å². The molecule has 0 saturated carbocycles. The van der Waals surface area contributed by atoms with Gasteiger partial charge in [-0.15, -0.1) is 0 Å². The zero-order valence-electron chi connectivity index (χ0n) is 9.52. The summed E-state index contributed by atoms with van der Waals surface area (Å²) in [5.41, 5.74) is 0. The van der Waals surface area contributed by atoms with Gasteiger partial charge in [0.25, 0.3) is 0 Å². The van der Waals surface area contributed by atoms with Gasteiger partial charge in [0, 0.05) is 5.25 Å². The van der Waals surface area contributed by atoms with E-state index < -0.39 is 5.92 Å². The minimum atomic E-state index is -0.419. The fourth-order valence-corrected chi connectivity index (χ4v) is 2.03. The van der Waals surface area contributed by atoms with Crippen molar-refractivity contribution in [3.8, 4) is 0 Å². The van der Waals surface area contributed by atoms with Crippen molar-refractivity contribution in [3.63, 3.8) is 0 Å². The number of thioether (sulfide) groups is 1. The molecule has 0 radical (unpaired) electrons. The van der Waals surface area contributed by atoms with Crippen LogP contribution in [0.1, 0.15) is 33.1 Å². The van der Waals surface area contributed by atoms with Crippen molar-refractivity contribution in [2.24, 2.45) is 5.92 Å². The van der Waals surface area contributed by atoms with Gasteiger partial charge >= 0.3 is 29.6 Å². The predicted octanol–water partition coefficient (Wildman–Crippen LogP) is 2.22. The zero-order chi connectivity index (χ0) is 11.5. The molecule has 0 bridgehead atoms. The third-order valence-electron chi connectivity index (χ3n) is 2.10. The van der Waals surface area contributed by atoms with Gasteiger partial charge in [-0.3, -0.25) is 0 Å². The van der Waals surface area contributed by atoms with E-state index >= 15 is 0 Å². The second-order valence-corrected chi connectivity index (χ2v) is 5.20. The van der Waals surface area contributed by atoms with Gasteiger partial charge in [-0.25, -0.2) is 0 Å². The van der Waals surface area contributed by atoms with Crippen LogP contribution in [-0.4, -0.2) is 53.1 Å². The molecule has 0 rings (SSSR count). The van der Waals surface area contributed by atoms with Crippen LogP contribution in [0.25, 0.3) is 0 Å². The Morgan fingerprint density at radius 1 is 1.19 bits per heavy atom. The summed E-state index contributed by atoms with van der Waals surface area (Å²) in [6.45, 7) is 4.36. The Hall–Kier alpha value is 0.430. The molecule has 0 aliphatic heterocycles. The molecular formula is C12H21NaO2S. The van der Waals surface area contributed by atoms with E-state index in [1.807, 2.05) is 11.8 Å². The van der Waals surface area contributed by atoms with Crippen LogP contribution in [0, 0.1) is 5.92 Å². The summed E-state index contributed by atoms with van der Waals surface area (Å²) in [4.78, 5) is 20.7. The van der Waals surface area contributed by atoms with Crippen LogP contribution >= 0.6 is 11.8 Å². The summed E-state index contributed by atoms with van der Waals surface area (Å²) in [5.74, 6) is 0.727. The molecule has 0 aromatic carbocycles. The molecule has 0 aromatic heterocycles. The molecular weight excluding hydrogens is 231 g/mol. The van der Waals surface area contributed by atoms with Crippen LogP contribution < -0.4 is 0 Å². The normalized spacial score (nSPS) is 12.4. The van der Waals surface area contributed by atoms with E-state index in [2.05, 4.69) is 26.0 Å². The molecule has 0 saturated heterocycles. The average molecular weight is 252 g/mol. The second kappa shape index (κ2) is 13.5. The maximum absolute atomic E-state index is 10.3. The van der Waals surface area contributed by atoms with Crippen LogP contribution in [-0.2, 0) is 9.59 Å². The van der Waals surface area contributed by atoms with Crippen LogP contribution in [0.15, 0.2) is 12.2 Å². The van der Waals surface area contributed by atoms with Gasteiger partial charge in [-0.1, -0.05) is 26.0 Å². The van der Waals surface area contributed by atoms with E-state index in [-0.39, 0.29) is 29.6 Å². The van der Waals surface area contributed by atoms with E-state index in [4.69, 9.17) is 0 Å². The van der Waals surface area contributed by atoms with E-state index in [1.54, 1.807) is 0 Å². The van der Waals surface area contributed by atoms with Crippen molar-refractivity contribution in [3.05, 3.63) is 12.2 Å². The fourth-order valence-electron chi connectivity index (χ4n) is 1.22. The van der Waals surface area contributed by atoms with Gasteiger partial charge in [0.15, 0.2) is 0 Å². The molecule has 2 nitrogen and oxygen atoms in total. The first-order chi connectivity index (χ1) is 7.24. The van der Waals surface area contributed by atoms with Crippen molar-refractivity contribution in [2.45, 2.75) is 38.4 Å². The molecule has 16 heavy (non-hydrogen) atoms. The summed E-state index contributed by atoms with van der Waals surface area (Å²) in [5, 5.41) is 0.652. The molecule has 0 spiro atoms. The van der Waals surface area contributed by atoms with Crippen molar-refractivity contribution in [2.75, 3.05) is 5.75 Å². The number of rotatable bonds is 9. The van der Waals surface area contributed by atoms with E-state index in [9.17, 15) is 9.59 Å². The summed E-state index contributed by atoms with van der Waals surface area (Å²) < 4.78 is 0. The molecule has 0 amide bonds. The molecule has 0 aromatic rings. The second-order valence-electron chi connectivity index (χ2n) is 3.49. The van der Waals surface area contributed by atoms with Crippen LogP contribution in [0.5, 0.6) is 0 Å². The molecule has 1 atom stereocenters. The Labute approximate surface area is 125 Å². The monoisotopic (exact) mass is 252 g/mol. The molecule has 1 unspecified atom stereocenters. The Morgan fingerprint density at radius 2 is 1.81 bits per heavy atom. The standard InChI is InChI=1S/C12H20O2S.Na.H/c1-3-15-11(2)7-5-4-6-8-12(9-13)10-14;;/h4-5,9-12H,3,6-8H2,1-2H3;;. The molecule has 0 heterocycles. The van der Waals surface area contributed by atoms with Crippen LogP contribution in [0.2, 0.25) is 0 Å². The Morgan fingerprint density at radius 3 is 2.31 bits per heavy atom. The van der Waals surface area contributed by atoms with Gasteiger partial charge < -0.3 is 9.59 Å². The SMILES string of the molecule is CCSC(C)CC=CCCC(C=O)C=O.[NaH]. The number of carbonyl (C=O) groups excluding carboxylic acids is 2. The number of hydrogen-bond donors (Lipinski definition) is 0. The molecule has 0 N–H and O–H groups in total. The zero-order valence-corrected chi connectivity index (χ0v) is 10.3. The first-order valence-electron chi connectivity index (χ1n) is 5.41. The summed E-state index contributed by atoms with van der Waals surface area (Å²) in [7, 11) is 0. The molecule has 0 aliphatic carbocycles. The van der Waals surface area contributed by atoms with Gasteiger partial charge in [-0.05, 0) is 25.0 Å². The third kappa shape index (κ3) is 10.9. The van der Waals surface area contributed by atoms with Gasteiger partial charge in [0.2, 0.25) is 0 Å². The maximum atomic E-state index is 10.3. The molecule has 0 aliphatic rings. The minimum absolute atomic E-state index is 0. The average Bonchev–Trinajstić information content (AvgIpc) is 2.24. The van der Waals surface area contributed by atoms with E-state index in [1.165, 1.54) is 0 Å². The van der Waals surface area contributed by atoms with Crippen molar-refractivity contribution < 1.29 is 9.59 Å². The first kappa shape index (κ1) is 18.8. The Balaban J connectivity index is 0. The van der Waals surface area contributed by atoms with Crippen molar-refractivity contribution >= 4 is 53.9 Å². The quantitative estimate of drug-likeness (QED) is 0.273. The number of aldehydes is 2. The van der Waals surface area contributed by atoms with Gasteiger partial charge in [0.05, 0.1) is 5.92 Å². The topological polar surface area (TPSA) is 34.1 Å². The summed E-state index contributed by atoms with van der Waals surface area (Å²) in [6.07, 6.45) is 8.15. The molecule has 88 valence electrons. The molecule has 4 heteroatoms. The van der Waals surface area contributed by atoms with Crippen LogP contribution in [0.3, 0.4) is 0 Å². The van der Waals surface area contributed by atoms with Gasteiger partial charge in [0.1, 0.15) is 12.6 Å². The van der Waals surface area contributed by atoms with Crippen molar-refractivity contribution in [1.82, 2.24) is 0 Å². The number of hydrogen-bond acceptors (Lipinski definition) is 3. The number of carbonyl (C=O) groups is 2. The Kier molecular flexibility index (Phi) is 15.8. The van der Waals surface area contributed by atoms with E-state index in [0.717, 1.165) is 31.2 Å². The molecule has 0 fully saturated rings. The predicted molar refractivity (Wildman–Crippen MR) is 73.4 cm³/mol. The van der Waals surface area contributed by atoms with E-state index in [0.29, 0.717) is 11.7 Å². The first-order valence-corrected chi connectivity index (χ1v) is 6.46. The fraction of sp³-hybridized carbons (Fsp3) is 0.667. The number of allylic oxidation sites excluding steroid dienone is 2. The Bertz CT molecular complexity index is 199. The summed E-state index contributed by atoms with van der Waals surface area (Å²) in [6, 6.07) is 0.